The first-order chi connectivity index (χ1) is 16.3. The van der Waals surface area contributed by atoms with E-state index in [0.717, 1.165) is 17.7 Å². The van der Waals surface area contributed by atoms with Gasteiger partial charge in [0.15, 0.2) is 6.29 Å². The highest BCUT2D eigenvalue weighted by molar-refractivity contribution is 8.00. The minimum absolute atomic E-state index is 0.0258. The minimum atomic E-state index is -1.70. The standard InChI is InChI=1S/C24H24F3N3O3S/c1-16(24(31,13-30-15-28-14-29-30)21-8-7-19(26)10-22(21)27)34-20-11-32-23(33-12-20)9-4-17-2-5-18(25)6-3-17/h2-10,14-16,20,23,31H,11-13H2,1H3. The van der Waals surface area contributed by atoms with Crippen molar-refractivity contribution in [2.45, 2.75) is 35.9 Å². The number of aliphatic hydroxyl groups is 1. The molecule has 180 valence electrons. The van der Waals surface area contributed by atoms with E-state index in [2.05, 4.69) is 10.1 Å². The number of hydrogen-bond donors (Lipinski definition) is 1. The molecule has 6 nitrogen and oxygen atoms in total. The Kier molecular flexibility index (Phi) is 7.72. The Balaban J connectivity index is 1.41. The first-order valence-electron chi connectivity index (χ1n) is 10.7. The van der Waals surface area contributed by atoms with Crippen LogP contribution >= 0.6 is 11.8 Å². The third-order valence-corrected chi connectivity index (χ3v) is 7.00. The van der Waals surface area contributed by atoms with Crippen molar-refractivity contribution < 1.29 is 27.8 Å². The van der Waals surface area contributed by atoms with Crippen molar-refractivity contribution in [2.75, 3.05) is 13.2 Å². The van der Waals surface area contributed by atoms with E-state index < -0.39 is 28.8 Å². The Morgan fingerprint density at radius 3 is 2.50 bits per heavy atom. The van der Waals surface area contributed by atoms with Gasteiger partial charge in [0.1, 0.15) is 35.7 Å². The lowest BCUT2D eigenvalue weighted by Crippen LogP contribution is -2.43. The third-order valence-electron chi connectivity index (χ3n) is 5.54. The second-order valence-corrected chi connectivity index (χ2v) is 9.63. The lowest BCUT2D eigenvalue weighted by atomic mass is 9.90. The SMILES string of the molecule is CC(SC1COC(C=Cc2ccc(F)cc2)OC1)C(O)(Cn1cncn1)c1ccc(F)cc1F. The van der Waals surface area contributed by atoms with Crippen LogP contribution in [0.15, 0.2) is 61.2 Å². The van der Waals surface area contributed by atoms with Crippen molar-refractivity contribution in [2.24, 2.45) is 0 Å². The maximum absolute atomic E-state index is 14.7. The quantitative estimate of drug-likeness (QED) is 0.511. The number of halogens is 3. The summed E-state index contributed by atoms with van der Waals surface area (Å²) in [6.07, 6.45) is 5.72. The van der Waals surface area contributed by atoms with Gasteiger partial charge in [-0.3, -0.25) is 0 Å². The molecule has 0 saturated carbocycles. The molecule has 2 unspecified atom stereocenters. The van der Waals surface area contributed by atoms with Crippen LogP contribution in [0.2, 0.25) is 0 Å². The minimum Gasteiger partial charge on any atom is -0.382 e. The Bertz CT molecular complexity index is 1110. The topological polar surface area (TPSA) is 69.4 Å². The van der Waals surface area contributed by atoms with Crippen LogP contribution in [0.25, 0.3) is 6.08 Å². The lowest BCUT2D eigenvalue weighted by Gasteiger charge is -2.37. The molecule has 10 heteroatoms. The number of thioether (sulfide) groups is 1. The zero-order valence-electron chi connectivity index (χ0n) is 18.4. The van der Waals surface area contributed by atoms with Gasteiger partial charge in [-0.25, -0.2) is 22.8 Å². The van der Waals surface area contributed by atoms with Crippen LogP contribution in [-0.4, -0.2) is 49.9 Å². The molecule has 0 aliphatic carbocycles. The molecule has 1 fully saturated rings. The molecule has 2 aromatic carbocycles. The molecule has 1 aliphatic rings. The molecule has 4 rings (SSSR count). The van der Waals surface area contributed by atoms with E-state index in [-0.39, 0.29) is 23.2 Å². The Labute approximate surface area is 199 Å². The van der Waals surface area contributed by atoms with Gasteiger partial charge in [-0.15, -0.1) is 11.8 Å². The van der Waals surface area contributed by atoms with Gasteiger partial charge in [-0.2, -0.15) is 5.10 Å². The number of aromatic nitrogens is 3. The van der Waals surface area contributed by atoms with Gasteiger partial charge in [0, 0.05) is 16.9 Å². The van der Waals surface area contributed by atoms with Gasteiger partial charge in [-0.1, -0.05) is 31.2 Å². The first-order valence-corrected chi connectivity index (χ1v) is 11.6. The van der Waals surface area contributed by atoms with E-state index in [0.29, 0.717) is 13.2 Å². The average molecular weight is 492 g/mol. The van der Waals surface area contributed by atoms with E-state index in [1.54, 1.807) is 31.2 Å². The number of nitrogens with zero attached hydrogens (tertiary/aromatic N) is 3. The van der Waals surface area contributed by atoms with Crippen LogP contribution in [0, 0.1) is 17.5 Å². The summed E-state index contributed by atoms with van der Waals surface area (Å²) in [5.74, 6) is -1.86. The maximum Gasteiger partial charge on any atom is 0.177 e. The number of benzene rings is 2. The monoisotopic (exact) mass is 491 g/mol. The fraction of sp³-hybridized carbons (Fsp3) is 0.333. The molecular formula is C24H24F3N3O3S. The molecule has 2 heterocycles. The van der Waals surface area contributed by atoms with Gasteiger partial charge < -0.3 is 14.6 Å². The van der Waals surface area contributed by atoms with Crippen molar-refractivity contribution >= 4 is 17.8 Å². The molecule has 1 aromatic heterocycles. The average Bonchev–Trinajstić information content (AvgIpc) is 3.32. The van der Waals surface area contributed by atoms with Gasteiger partial charge in [-0.05, 0) is 29.8 Å². The molecule has 0 radical (unpaired) electrons. The normalized spacial score (nSPS) is 21.4. The summed E-state index contributed by atoms with van der Waals surface area (Å²) in [5.41, 5.74) is -0.907. The highest BCUT2D eigenvalue weighted by Gasteiger charge is 2.41. The van der Waals surface area contributed by atoms with Gasteiger partial charge in [0.2, 0.25) is 0 Å². The van der Waals surface area contributed by atoms with Crippen LogP contribution in [0.4, 0.5) is 13.2 Å². The predicted molar refractivity (Wildman–Crippen MR) is 122 cm³/mol. The molecule has 3 aromatic rings. The van der Waals surface area contributed by atoms with Crippen molar-refractivity contribution in [3.8, 4) is 0 Å². The molecule has 2 atom stereocenters. The van der Waals surface area contributed by atoms with Crippen LogP contribution in [-0.2, 0) is 21.6 Å². The fourth-order valence-corrected chi connectivity index (χ4v) is 5.01. The van der Waals surface area contributed by atoms with Crippen molar-refractivity contribution in [1.29, 1.82) is 0 Å². The van der Waals surface area contributed by atoms with Crippen LogP contribution in [0.1, 0.15) is 18.1 Å². The molecule has 0 bridgehead atoms. The molecule has 34 heavy (non-hydrogen) atoms. The van der Waals surface area contributed by atoms with Gasteiger partial charge in [0.05, 0.1) is 25.0 Å². The summed E-state index contributed by atoms with van der Waals surface area (Å²) in [7, 11) is 0. The van der Waals surface area contributed by atoms with Crippen LogP contribution < -0.4 is 0 Å². The van der Waals surface area contributed by atoms with Gasteiger partial charge >= 0.3 is 0 Å². The molecule has 0 amide bonds. The lowest BCUT2D eigenvalue weighted by molar-refractivity contribution is -0.146. The summed E-state index contributed by atoms with van der Waals surface area (Å²) < 4.78 is 54.1. The smallest absolute Gasteiger partial charge is 0.177 e. The van der Waals surface area contributed by atoms with Crippen LogP contribution in [0.5, 0.6) is 0 Å². The van der Waals surface area contributed by atoms with Crippen molar-refractivity contribution in [1.82, 2.24) is 14.8 Å². The Hall–Kier alpha value is -2.66. The molecule has 1 N–H and O–H groups in total. The predicted octanol–water partition coefficient (Wildman–Crippen LogP) is 4.16. The number of ether oxygens (including phenoxy) is 2. The molecule has 1 saturated heterocycles. The van der Waals surface area contributed by atoms with Crippen molar-refractivity contribution in [3.05, 3.63) is 89.8 Å². The summed E-state index contributed by atoms with van der Waals surface area (Å²) in [5, 5.41) is 15.0. The van der Waals surface area contributed by atoms with E-state index in [1.807, 2.05) is 0 Å². The summed E-state index contributed by atoms with van der Waals surface area (Å²) >= 11 is 1.39. The van der Waals surface area contributed by atoms with Gasteiger partial charge in [0.25, 0.3) is 0 Å². The molecule has 0 spiro atoms. The van der Waals surface area contributed by atoms with E-state index in [4.69, 9.17) is 9.47 Å². The zero-order chi connectivity index (χ0) is 24.1. The fourth-order valence-electron chi connectivity index (χ4n) is 3.69. The Morgan fingerprint density at radius 2 is 1.85 bits per heavy atom. The second kappa shape index (κ2) is 10.7. The van der Waals surface area contributed by atoms with E-state index in [9.17, 15) is 18.3 Å². The molecular weight excluding hydrogens is 467 g/mol. The summed E-state index contributed by atoms with van der Waals surface area (Å²) in [6, 6.07) is 9.18. The Morgan fingerprint density at radius 1 is 1.15 bits per heavy atom. The highest BCUT2D eigenvalue weighted by Crippen LogP contribution is 2.38. The largest absolute Gasteiger partial charge is 0.382 e. The number of hydrogen-bond acceptors (Lipinski definition) is 6. The van der Waals surface area contributed by atoms with Crippen molar-refractivity contribution in [3.63, 3.8) is 0 Å². The summed E-state index contributed by atoms with van der Waals surface area (Å²) in [6.45, 7) is 2.39. The second-order valence-electron chi connectivity index (χ2n) is 7.99. The molecule has 1 aliphatic heterocycles. The van der Waals surface area contributed by atoms with E-state index >= 15 is 0 Å². The van der Waals surface area contributed by atoms with E-state index in [1.165, 1.54) is 47.3 Å². The zero-order valence-corrected chi connectivity index (χ0v) is 19.2. The first kappa shape index (κ1) is 24.5. The highest BCUT2D eigenvalue weighted by atomic mass is 32.2. The summed E-state index contributed by atoms with van der Waals surface area (Å²) in [4.78, 5) is 3.88. The van der Waals surface area contributed by atoms with Crippen LogP contribution in [0.3, 0.4) is 0 Å². The number of rotatable bonds is 8. The maximum atomic E-state index is 14.7. The third kappa shape index (κ3) is 5.87.